The minimum atomic E-state index is -0.874. The number of rotatable bonds is 4. The summed E-state index contributed by atoms with van der Waals surface area (Å²) < 4.78 is 9.36. The monoisotopic (exact) mass is 204 g/mol. The van der Waals surface area contributed by atoms with Crippen molar-refractivity contribution in [2.24, 2.45) is 5.73 Å². The fraction of sp³-hybridized carbons (Fsp3) is 0.750. The molecule has 0 heterocycles. The molecule has 0 radical (unpaired) electrons. The van der Waals surface area contributed by atoms with Crippen molar-refractivity contribution in [3.8, 4) is 0 Å². The Kier molecular flexibility index (Phi) is 4.76. The molecule has 0 saturated carbocycles. The van der Waals surface area contributed by atoms with E-state index in [1.807, 2.05) is 0 Å². The largest absolute Gasteiger partial charge is 0.450 e. The molecule has 0 aliphatic rings. The molecule has 0 fully saturated rings. The van der Waals surface area contributed by atoms with Crippen molar-refractivity contribution in [1.82, 2.24) is 5.32 Å². The van der Waals surface area contributed by atoms with Crippen LogP contribution >= 0.6 is 0 Å². The van der Waals surface area contributed by atoms with Crippen LogP contribution in [0.5, 0.6) is 0 Å². The third-order valence-corrected chi connectivity index (χ3v) is 1.31. The number of carbonyl (C=O) groups excluding carboxylic acids is 2. The van der Waals surface area contributed by atoms with Crippen molar-refractivity contribution in [2.75, 3.05) is 13.2 Å². The molecule has 0 atom stereocenters. The predicted octanol–water partition coefficient (Wildman–Crippen LogP) is 0.606. The van der Waals surface area contributed by atoms with E-state index in [1.165, 1.54) is 0 Å². The Labute approximate surface area is 82.7 Å². The van der Waals surface area contributed by atoms with Gasteiger partial charge in [0, 0.05) is 0 Å². The number of hydrogen-bond acceptors (Lipinski definition) is 4. The van der Waals surface area contributed by atoms with Crippen molar-refractivity contribution in [1.29, 1.82) is 0 Å². The molecule has 82 valence electrons. The van der Waals surface area contributed by atoms with Crippen LogP contribution in [0.15, 0.2) is 0 Å². The van der Waals surface area contributed by atoms with Crippen LogP contribution in [0.25, 0.3) is 0 Å². The van der Waals surface area contributed by atoms with Gasteiger partial charge in [-0.2, -0.15) is 0 Å². The summed E-state index contributed by atoms with van der Waals surface area (Å²) >= 11 is 0. The summed E-state index contributed by atoms with van der Waals surface area (Å²) in [6.07, 6.45) is -1.42. The molecule has 0 spiro atoms. The summed E-state index contributed by atoms with van der Waals surface area (Å²) in [4.78, 5) is 21.3. The third-order valence-electron chi connectivity index (χ3n) is 1.31. The van der Waals surface area contributed by atoms with Gasteiger partial charge in [-0.3, -0.25) is 0 Å². The van der Waals surface area contributed by atoms with Crippen molar-refractivity contribution < 1.29 is 19.1 Å². The van der Waals surface area contributed by atoms with Crippen molar-refractivity contribution in [2.45, 2.75) is 26.4 Å². The molecular weight excluding hydrogens is 188 g/mol. The average Bonchev–Trinajstić information content (AvgIpc) is 1.99. The Morgan fingerprint density at radius 3 is 2.43 bits per heavy atom. The van der Waals surface area contributed by atoms with Gasteiger partial charge in [0.05, 0.1) is 13.2 Å². The molecule has 0 aliphatic heterocycles. The number of hydrogen-bond donors (Lipinski definition) is 2. The maximum atomic E-state index is 10.9. The SMILES string of the molecule is CCOC(=O)NCC(C)(C)OC(N)=O. The number of alkyl carbamates (subject to hydrolysis) is 1. The van der Waals surface area contributed by atoms with Gasteiger partial charge >= 0.3 is 12.2 Å². The fourth-order valence-corrected chi connectivity index (χ4v) is 0.776. The lowest BCUT2D eigenvalue weighted by Gasteiger charge is -2.23. The van der Waals surface area contributed by atoms with Crippen LogP contribution in [0.2, 0.25) is 0 Å². The standard InChI is InChI=1S/C8H16N2O4/c1-4-13-7(12)10-5-8(2,3)14-6(9)11/h4-5H2,1-3H3,(H2,9,11)(H,10,12). The highest BCUT2D eigenvalue weighted by Gasteiger charge is 2.22. The molecule has 14 heavy (non-hydrogen) atoms. The molecule has 0 unspecified atom stereocenters. The molecule has 3 N–H and O–H groups in total. The summed E-state index contributed by atoms with van der Waals surface area (Å²) in [6, 6.07) is 0. The zero-order valence-corrected chi connectivity index (χ0v) is 8.62. The van der Waals surface area contributed by atoms with Gasteiger partial charge in [0.15, 0.2) is 0 Å². The second-order valence-corrected chi connectivity index (χ2v) is 3.25. The van der Waals surface area contributed by atoms with Crippen LogP contribution in [0.1, 0.15) is 20.8 Å². The number of nitrogens with two attached hydrogens (primary N) is 1. The molecule has 0 rings (SSSR count). The summed E-state index contributed by atoms with van der Waals surface area (Å²) in [6.45, 7) is 5.40. The quantitative estimate of drug-likeness (QED) is 0.701. The molecule has 0 bridgehead atoms. The van der Waals surface area contributed by atoms with Gasteiger partial charge in [0.1, 0.15) is 5.60 Å². The predicted molar refractivity (Wildman–Crippen MR) is 49.8 cm³/mol. The topological polar surface area (TPSA) is 90.7 Å². The number of amides is 2. The van der Waals surface area contributed by atoms with Crippen molar-refractivity contribution in [3.05, 3.63) is 0 Å². The van der Waals surface area contributed by atoms with E-state index in [4.69, 9.17) is 10.5 Å². The maximum absolute atomic E-state index is 10.9. The second-order valence-electron chi connectivity index (χ2n) is 3.25. The number of nitrogens with one attached hydrogen (secondary N) is 1. The molecule has 6 heteroatoms. The Bertz CT molecular complexity index is 215. The Balaban J connectivity index is 3.86. The zero-order chi connectivity index (χ0) is 11.2. The third kappa shape index (κ3) is 6.10. The van der Waals surface area contributed by atoms with E-state index >= 15 is 0 Å². The van der Waals surface area contributed by atoms with E-state index in [2.05, 4.69) is 10.1 Å². The maximum Gasteiger partial charge on any atom is 0.407 e. The summed E-state index contributed by atoms with van der Waals surface area (Å²) in [5.74, 6) is 0. The first kappa shape index (κ1) is 12.5. The minimum absolute atomic E-state index is 0.148. The first-order valence-corrected chi connectivity index (χ1v) is 4.26. The smallest absolute Gasteiger partial charge is 0.407 e. The van der Waals surface area contributed by atoms with Gasteiger partial charge in [0.25, 0.3) is 0 Å². The number of primary amides is 1. The highest BCUT2D eigenvalue weighted by molar-refractivity contribution is 5.67. The van der Waals surface area contributed by atoms with Crippen molar-refractivity contribution in [3.63, 3.8) is 0 Å². The molecule has 0 aromatic carbocycles. The van der Waals surface area contributed by atoms with Crippen LogP contribution in [-0.4, -0.2) is 30.9 Å². The lowest BCUT2D eigenvalue weighted by atomic mass is 10.1. The highest BCUT2D eigenvalue weighted by Crippen LogP contribution is 2.06. The normalized spacial score (nSPS) is 10.5. The molecule has 0 saturated heterocycles. The molecule has 0 aliphatic carbocycles. The molecule has 0 aromatic rings. The summed E-state index contributed by atoms with van der Waals surface area (Å²) in [5, 5.41) is 2.44. The van der Waals surface area contributed by atoms with Gasteiger partial charge in [-0.1, -0.05) is 0 Å². The van der Waals surface area contributed by atoms with Gasteiger partial charge in [-0.25, -0.2) is 9.59 Å². The van der Waals surface area contributed by atoms with E-state index in [1.54, 1.807) is 20.8 Å². The van der Waals surface area contributed by atoms with Gasteiger partial charge in [-0.05, 0) is 20.8 Å². The number of carbonyl (C=O) groups is 2. The summed E-state index contributed by atoms with van der Waals surface area (Å²) in [5.41, 5.74) is 4.00. The van der Waals surface area contributed by atoms with Crippen molar-refractivity contribution >= 4 is 12.2 Å². The van der Waals surface area contributed by atoms with E-state index in [-0.39, 0.29) is 6.54 Å². The first-order valence-electron chi connectivity index (χ1n) is 4.26. The summed E-state index contributed by atoms with van der Waals surface area (Å²) in [7, 11) is 0. The minimum Gasteiger partial charge on any atom is -0.450 e. The highest BCUT2D eigenvalue weighted by atomic mass is 16.6. The van der Waals surface area contributed by atoms with E-state index < -0.39 is 17.8 Å². The fourth-order valence-electron chi connectivity index (χ4n) is 0.776. The average molecular weight is 204 g/mol. The van der Waals surface area contributed by atoms with Crippen LogP contribution < -0.4 is 11.1 Å². The lowest BCUT2D eigenvalue weighted by molar-refractivity contribution is 0.0440. The molecule has 0 aromatic heterocycles. The van der Waals surface area contributed by atoms with E-state index in [0.717, 1.165) is 0 Å². The van der Waals surface area contributed by atoms with Gasteiger partial charge in [0.2, 0.25) is 0 Å². The van der Waals surface area contributed by atoms with Crippen LogP contribution in [0.3, 0.4) is 0 Å². The first-order chi connectivity index (χ1) is 6.37. The molecular formula is C8H16N2O4. The molecule has 2 amide bonds. The Morgan fingerprint density at radius 2 is 2.00 bits per heavy atom. The molecule has 6 nitrogen and oxygen atoms in total. The Morgan fingerprint density at radius 1 is 1.43 bits per heavy atom. The number of ether oxygens (including phenoxy) is 2. The Hall–Kier alpha value is -1.46. The van der Waals surface area contributed by atoms with Gasteiger partial charge < -0.3 is 20.5 Å². The second kappa shape index (κ2) is 5.31. The van der Waals surface area contributed by atoms with Crippen LogP contribution in [0.4, 0.5) is 9.59 Å². The lowest BCUT2D eigenvalue weighted by Crippen LogP contribution is -2.43. The van der Waals surface area contributed by atoms with Gasteiger partial charge in [-0.15, -0.1) is 0 Å². The van der Waals surface area contributed by atoms with Crippen LogP contribution in [-0.2, 0) is 9.47 Å². The van der Waals surface area contributed by atoms with E-state index in [0.29, 0.717) is 6.61 Å². The van der Waals surface area contributed by atoms with Crippen LogP contribution in [0, 0.1) is 0 Å². The van der Waals surface area contributed by atoms with E-state index in [9.17, 15) is 9.59 Å². The zero-order valence-electron chi connectivity index (χ0n) is 8.62.